The SMILES string of the molecule is CCCCCCN=C(NCC)NCCc1cccnc1.I. The van der Waals surface area contributed by atoms with E-state index in [-0.39, 0.29) is 24.0 Å². The van der Waals surface area contributed by atoms with Crippen molar-refractivity contribution in [2.45, 2.75) is 46.0 Å². The van der Waals surface area contributed by atoms with Gasteiger partial charge in [0.1, 0.15) is 0 Å². The highest BCUT2D eigenvalue weighted by Crippen LogP contribution is 1.98. The molecule has 0 bridgehead atoms. The highest BCUT2D eigenvalue weighted by Gasteiger charge is 1.97. The van der Waals surface area contributed by atoms with E-state index in [1.165, 1.54) is 31.2 Å². The largest absolute Gasteiger partial charge is 0.357 e. The first-order chi connectivity index (χ1) is 9.86. The minimum Gasteiger partial charge on any atom is -0.357 e. The van der Waals surface area contributed by atoms with Crippen LogP contribution in [0.3, 0.4) is 0 Å². The maximum atomic E-state index is 4.60. The van der Waals surface area contributed by atoms with Crippen molar-refractivity contribution in [1.29, 1.82) is 0 Å². The Morgan fingerprint density at radius 2 is 2.05 bits per heavy atom. The molecule has 0 saturated heterocycles. The zero-order chi connectivity index (χ0) is 14.5. The fourth-order valence-electron chi connectivity index (χ4n) is 1.94. The summed E-state index contributed by atoms with van der Waals surface area (Å²) in [6, 6.07) is 4.08. The summed E-state index contributed by atoms with van der Waals surface area (Å²) >= 11 is 0. The zero-order valence-electron chi connectivity index (χ0n) is 13.3. The molecule has 4 nitrogen and oxygen atoms in total. The van der Waals surface area contributed by atoms with Crippen molar-refractivity contribution in [3.05, 3.63) is 30.1 Å². The molecule has 0 spiro atoms. The first-order valence-corrected chi connectivity index (χ1v) is 7.78. The van der Waals surface area contributed by atoms with Gasteiger partial charge < -0.3 is 10.6 Å². The first kappa shape index (κ1) is 20.1. The average Bonchev–Trinajstić information content (AvgIpc) is 2.48. The number of nitrogens with zero attached hydrogens (tertiary/aromatic N) is 2. The van der Waals surface area contributed by atoms with Gasteiger partial charge in [-0.2, -0.15) is 0 Å². The molecule has 1 rings (SSSR count). The Morgan fingerprint density at radius 1 is 1.19 bits per heavy atom. The number of guanidine groups is 1. The summed E-state index contributed by atoms with van der Waals surface area (Å²) in [5.74, 6) is 0.924. The summed E-state index contributed by atoms with van der Waals surface area (Å²) in [4.78, 5) is 8.72. The van der Waals surface area contributed by atoms with Crippen molar-refractivity contribution in [1.82, 2.24) is 15.6 Å². The van der Waals surface area contributed by atoms with Crippen LogP contribution in [0.5, 0.6) is 0 Å². The second kappa shape index (κ2) is 14.1. The van der Waals surface area contributed by atoms with Gasteiger partial charge in [0.25, 0.3) is 0 Å². The minimum absolute atomic E-state index is 0. The van der Waals surface area contributed by atoms with E-state index in [9.17, 15) is 0 Å². The molecule has 1 aromatic heterocycles. The lowest BCUT2D eigenvalue weighted by Gasteiger charge is -2.11. The van der Waals surface area contributed by atoms with Crippen LogP contribution in [0, 0.1) is 0 Å². The molecule has 1 heterocycles. The maximum absolute atomic E-state index is 4.60. The molecular weight excluding hydrogens is 375 g/mol. The van der Waals surface area contributed by atoms with Crippen LogP contribution in [0.2, 0.25) is 0 Å². The Bertz CT molecular complexity index is 368. The third kappa shape index (κ3) is 10.5. The predicted octanol–water partition coefficient (Wildman–Crippen LogP) is 3.38. The van der Waals surface area contributed by atoms with Gasteiger partial charge in [0.2, 0.25) is 0 Å². The van der Waals surface area contributed by atoms with E-state index in [1.54, 1.807) is 6.20 Å². The molecule has 120 valence electrons. The Labute approximate surface area is 146 Å². The van der Waals surface area contributed by atoms with Crippen LogP contribution in [0.15, 0.2) is 29.5 Å². The predicted molar refractivity (Wildman–Crippen MR) is 101 cm³/mol. The number of aliphatic imine (C=N–C) groups is 1. The molecule has 0 unspecified atom stereocenters. The van der Waals surface area contributed by atoms with Gasteiger partial charge in [-0.3, -0.25) is 9.98 Å². The summed E-state index contributed by atoms with van der Waals surface area (Å²) in [7, 11) is 0. The first-order valence-electron chi connectivity index (χ1n) is 7.78. The standard InChI is InChI=1S/C16H28N4.HI/c1-3-5-6-7-12-19-16(18-4-2)20-13-10-15-9-8-11-17-14-15;/h8-9,11,14H,3-7,10,12-13H2,1-2H3,(H2,18,19,20);1H. The van der Waals surface area contributed by atoms with Gasteiger partial charge in [-0.15, -0.1) is 24.0 Å². The van der Waals surface area contributed by atoms with Crippen molar-refractivity contribution in [2.75, 3.05) is 19.6 Å². The number of rotatable bonds is 9. The summed E-state index contributed by atoms with van der Waals surface area (Å²) in [5.41, 5.74) is 1.25. The van der Waals surface area contributed by atoms with E-state index < -0.39 is 0 Å². The van der Waals surface area contributed by atoms with Crippen molar-refractivity contribution in [2.24, 2.45) is 4.99 Å². The van der Waals surface area contributed by atoms with Gasteiger partial charge in [-0.05, 0) is 31.4 Å². The quantitative estimate of drug-likeness (QED) is 0.287. The summed E-state index contributed by atoms with van der Waals surface area (Å²) in [5, 5.41) is 6.65. The minimum atomic E-state index is 0. The lowest BCUT2D eigenvalue weighted by atomic mass is 10.2. The number of unbranched alkanes of at least 4 members (excludes halogenated alkanes) is 3. The Balaban J connectivity index is 0.00000400. The van der Waals surface area contributed by atoms with Crippen LogP contribution in [0.4, 0.5) is 0 Å². The lowest BCUT2D eigenvalue weighted by molar-refractivity contribution is 0.670. The molecule has 0 aliphatic rings. The van der Waals surface area contributed by atoms with Crippen LogP contribution in [-0.2, 0) is 6.42 Å². The molecule has 0 radical (unpaired) electrons. The van der Waals surface area contributed by atoms with E-state index in [4.69, 9.17) is 0 Å². The van der Waals surface area contributed by atoms with Gasteiger partial charge in [0.15, 0.2) is 5.96 Å². The average molecular weight is 404 g/mol. The normalized spacial score (nSPS) is 10.9. The highest BCUT2D eigenvalue weighted by molar-refractivity contribution is 14.0. The van der Waals surface area contributed by atoms with E-state index in [0.717, 1.165) is 32.0 Å². The fraction of sp³-hybridized carbons (Fsp3) is 0.625. The zero-order valence-corrected chi connectivity index (χ0v) is 15.6. The van der Waals surface area contributed by atoms with Gasteiger partial charge in [-0.25, -0.2) is 0 Å². The molecule has 0 atom stereocenters. The molecule has 0 fully saturated rings. The van der Waals surface area contributed by atoms with Crippen LogP contribution in [0.1, 0.15) is 45.1 Å². The van der Waals surface area contributed by atoms with E-state index in [1.807, 2.05) is 12.3 Å². The van der Waals surface area contributed by atoms with E-state index in [2.05, 4.69) is 40.5 Å². The highest BCUT2D eigenvalue weighted by atomic mass is 127. The van der Waals surface area contributed by atoms with E-state index in [0.29, 0.717) is 0 Å². The Hall–Kier alpha value is -0.850. The number of halogens is 1. The summed E-state index contributed by atoms with van der Waals surface area (Å²) < 4.78 is 0. The monoisotopic (exact) mass is 404 g/mol. The number of hydrogen-bond acceptors (Lipinski definition) is 2. The van der Waals surface area contributed by atoms with Gasteiger partial charge >= 0.3 is 0 Å². The molecule has 0 aliphatic carbocycles. The molecule has 21 heavy (non-hydrogen) atoms. The van der Waals surface area contributed by atoms with Gasteiger partial charge in [0.05, 0.1) is 0 Å². The molecule has 0 amide bonds. The second-order valence-electron chi connectivity index (χ2n) is 4.86. The van der Waals surface area contributed by atoms with Crippen molar-refractivity contribution in [3.63, 3.8) is 0 Å². The van der Waals surface area contributed by atoms with Crippen LogP contribution < -0.4 is 10.6 Å². The third-order valence-corrected chi connectivity index (χ3v) is 3.05. The van der Waals surface area contributed by atoms with Crippen LogP contribution >= 0.6 is 24.0 Å². The molecule has 2 N–H and O–H groups in total. The van der Waals surface area contributed by atoms with E-state index >= 15 is 0 Å². The van der Waals surface area contributed by atoms with Crippen molar-refractivity contribution < 1.29 is 0 Å². The summed E-state index contributed by atoms with van der Waals surface area (Å²) in [6.45, 7) is 7.01. The molecule has 5 heteroatoms. The van der Waals surface area contributed by atoms with Crippen LogP contribution in [0.25, 0.3) is 0 Å². The number of nitrogens with one attached hydrogen (secondary N) is 2. The van der Waals surface area contributed by atoms with Gasteiger partial charge in [0, 0.05) is 32.0 Å². The van der Waals surface area contributed by atoms with Gasteiger partial charge in [-0.1, -0.05) is 32.3 Å². The Kier molecular flexibility index (Phi) is 13.5. The third-order valence-electron chi connectivity index (χ3n) is 3.05. The molecule has 0 aromatic carbocycles. The smallest absolute Gasteiger partial charge is 0.191 e. The lowest BCUT2D eigenvalue weighted by Crippen LogP contribution is -2.38. The number of hydrogen-bond donors (Lipinski definition) is 2. The molecule has 1 aromatic rings. The maximum Gasteiger partial charge on any atom is 0.191 e. The second-order valence-corrected chi connectivity index (χ2v) is 4.86. The molecular formula is C16H29IN4. The summed E-state index contributed by atoms with van der Waals surface area (Å²) in [6.07, 6.45) is 9.71. The fourth-order valence-corrected chi connectivity index (χ4v) is 1.94. The topological polar surface area (TPSA) is 49.3 Å². The Morgan fingerprint density at radius 3 is 2.71 bits per heavy atom. The molecule has 0 aliphatic heterocycles. The van der Waals surface area contributed by atoms with Crippen LogP contribution in [-0.4, -0.2) is 30.6 Å². The van der Waals surface area contributed by atoms with Crippen molar-refractivity contribution >= 4 is 29.9 Å². The van der Waals surface area contributed by atoms with Crippen molar-refractivity contribution in [3.8, 4) is 0 Å². The number of aromatic nitrogens is 1. The molecule has 0 saturated carbocycles. The number of pyridine rings is 1.